The van der Waals surface area contributed by atoms with E-state index in [9.17, 15) is 5.11 Å². The summed E-state index contributed by atoms with van der Waals surface area (Å²) in [6.45, 7) is 3.23. The fourth-order valence-corrected chi connectivity index (χ4v) is 3.60. The molecule has 2 saturated heterocycles. The lowest BCUT2D eigenvalue weighted by molar-refractivity contribution is 0.418. The second kappa shape index (κ2) is 5.74. The molecule has 0 saturated carbocycles. The van der Waals surface area contributed by atoms with Crippen LogP contribution in [0.5, 0.6) is 17.2 Å². The molecule has 5 heteroatoms. The smallest absolute Gasteiger partial charge is 0.147 e. The molecule has 2 fully saturated rings. The molecule has 1 unspecified atom stereocenters. The van der Waals surface area contributed by atoms with Crippen molar-refractivity contribution in [1.29, 1.82) is 0 Å². The van der Waals surface area contributed by atoms with Gasteiger partial charge in [0.25, 0.3) is 0 Å². The highest BCUT2D eigenvalue weighted by atomic mass is 16.5. The van der Waals surface area contributed by atoms with E-state index in [1.54, 1.807) is 30.5 Å². The van der Waals surface area contributed by atoms with Gasteiger partial charge in [-0.2, -0.15) is 0 Å². The van der Waals surface area contributed by atoms with Crippen LogP contribution in [0, 0.1) is 0 Å². The Bertz CT molecular complexity index is 681. The van der Waals surface area contributed by atoms with Crippen LogP contribution in [0.25, 0.3) is 0 Å². The molecule has 4 rings (SSSR count). The van der Waals surface area contributed by atoms with E-state index < -0.39 is 0 Å². The summed E-state index contributed by atoms with van der Waals surface area (Å²) in [5, 5.41) is 13.0. The SMILES string of the molecule is Oc1ccc(Oc2cncc(N3CCC4(CCCN4)C3)c2)cc1. The largest absolute Gasteiger partial charge is 0.508 e. The first-order valence-corrected chi connectivity index (χ1v) is 8.14. The summed E-state index contributed by atoms with van der Waals surface area (Å²) in [5.41, 5.74) is 1.40. The van der Waals surface area contributed by atoms with Crippen molar-refractivity contribution >= 4 is 5.69 Å². The van der Waals surface area contributed by atoms with E-state index in [0.717, 1.165) is 25.3 Å². The molecule has 0 amide bonds. The van der Waals surface area contributed by atoms with Crippen molar-refractivity contribution < 1.29 is 9.84 Å². The highest BCUT2D eigenvalue weighted by Crippen LogP contribution is 2.34. The predicted molar refractivity (Wildman–Crippen MR) is 89.2 cm³/mol. The van der Waals surface area contributed by atoms with Crippen LogP contribution in [0.1, 0.15) is 19.3 Å². The fourth-order valence-electron chi connectivity index (χ4n) is 3.60. The molecule has 0 aliphatic carbocycles. The Morgan fingerprint density at radius 1 is 1.13 bits per heavy atom. The van der Waals surface area contributed by atoms with Gasteiger partial charge in [0, 0.05) is 24.7 Å². The zero-order chi connectivity index (χ0) is 15.7. The molecule has 2 aliphatic rings. The summed E-state index contributed by atoms with van der Waals surface area (Å²) in [6, 6.07) is 8.75. The van der Waals surface area contributed by atoms with E-state index in [2.05, 4.69) is 15.2 Å². The van der Waals surface area contributed by atoms with Gasteiger partial charge in [0.1, 0.15) is 17.2 Å². The molecule has 3 heterocycles. The van der Waals surface area contributed by atoms with Crippen LogP contribution in [0.15, 0.2) is 42.7 Å². The average molecular weight is 311 g/mol. The number of rotatable bonds is 3. The summed E-state index contributed by atoms with van der Waals surface area (Å²) in [4.78, 5) is 6.71. The van der Waals surface area contributed by atoms with Gasteiger partial charge in [0.15, 0.2) is 0 Å². The van der Waals surface area contributed by atoms with E-state index in [4.69, 9.17) is 4.74 Å². The Morgan fingerprint density at radius 2 is 2.00 bits per heavy atom. The van der Waals surface area contributed by atoms with E-state index in [1.165, 1.54) is 19.3 Å². The van der Waals surface area contributed by atoms with Gasteiger partial charge in [-0.05, 0) is 50.1 Å². The van der Waals surface area contributed by atoms with Crippen LogP contribution in [0.4, 0.5) is 5.69 Å². The van der Waals surface area contributed by atoms with E-state index >= 15 is 0 Å². The molecule has 1 aromatic heterocycles. The number of nitrogens with zero attached hydrogens (tertiary/aromatic N) is 2. The lowest BCUT2D eigenvalue weighted by Crippen LogP contribution is -2.42. The first kappa shape index (κ1) is 14.3. The van der Waals surface area contributed by atoms with Crippen molar-refractivity contribution in [3.63, 3.8) is 0 Å². The molecule has 23 heavy (non-hydrogen) atoms. The highest BCUT2D eigenvalue weighted by molar-refractivity contribution is 5.51. The lowest BCUT2D eigenvalue weighted by Gasteiger charge is -2.25. The van der Waals surface area contributed by atoms with E-state index in [0.29, 0.717) is 17.0 Å². The van der Waals surface area contributed by atoms with Crippen molar-refractivity contribution in [2.24, 2.45) is 0 Å². The number of ether oxygens (including phenoxy) is 1. The third-order valence-corrected chi connectivity index (χ3v) is 4.82. The van der Waals surface area contributed by atoms with Gasteiger partial charge in [-0.1, -0.05) is 0 Å². The third kappa shape index (κ3) is 2.97. The molecule has 1 spiro atoms. The molecular formula is C18H21N3O2. The molecule has 0 radical (unpaired) electrons. The van der Waals surface area contributed by atoms with Crippen LogP contribution >= 0.6 is 0 Å². The van der Waals surface area contributed by atoms with Crippen LogP contribution in [0.3, 0.4) is 0 Å². The van der Waals surface area contributed by atoms with Crippen molar-refractivity contribution in [3.8, 4) is 17.2 Å². The molecule has 120 valence electrons. The van der Waals surface area contributed by atoms with Crippen LogP contribution in [0.2, 0.25) is 0 Å². The molecular weight excluding hydrogens is 290 g/mol. The number of nitrogens with one attached hydrogen (secondary N) is 1. The van der Waals surface area contributed by atoms with E-state index in [1.807, 2.05) is 12.3 Å². The summed E-state index contributed by atoms with van der Waals surface area (Å²) in [5.74, 6) is 1.64. The number of benzene rings is 1. The van der Waals surface area contributed by atoms with Crippen molar-refractivity contribution in [2.45, 2.75) is 24.8 Å². The van der Waals surface area contributed by atoms with Gasteiger partial charge in [0.2, 0.25) is 0 Å². The molecule has 2 N–H and O–H groups in total. The minimum atomic E-state index is 0.232. The van der Waals surface area contributed by atoms with Gasteiger partial charge in [-0.25, -0.2) is 0 Å². The maximum Gasteiger partial charge on any atom is 0.147 e. The minimum Gasteiger partial charge on any atom is -0.508 e. The summed E-state index contributed by atoms with van der Waals surface area (Å²) in [6.07, 6.45) is 7.35. The number of pyridine rings is 1. The Labute approximate surface area is 135 Å². The number of phenolic OH excluding ortho intramolecular Hbond substituents is 1. The number of hydrogen-bond donors (Lipinski definition) is 2. The lowest BCUT2D eigenvalue weighted by atomic mass is 9.97. The molecule has 5 nitrogen and oxygen atoms in total. The van der Waals surface area contributed by atoms with Crippen molar-refractivity contribution in [1.82, 2.24) is 10.3 Å². The molecule has 0 bridgehead atoms. The average Bonchev–Trinajstić information content (AvgIpc) is 3.21. The maximum absolute atomic E-state index is 9.33. The number of hydrogen-bond acceptors (Lipinski definition) is 5. The molecule has 1 atom stereocenters. The predicted octanol–water partition coefficient (Wildman–Crippen LogP) is 2.91. The molecule has 1 aromatic carbocycles. The quantitative estimate of drug-likeness (QED) is 0.913. The monoisotopic (exact) mass is 311 g/mol. The summed E-state index contributed by atoms with van der Waals surface area (Å²) >= 11 is 0. The Morgan fingerprint density at radius 3 is 2.78 bits per heavy atom. The van der Waals surface area contributed by atoms with E-state index in [-0.39, 0.29) is 5.75 Å². The topological polar surface area (TPSA) is 57.6 Å². The summed E-state index contributed by atoms with van der Waals surface area (Å²) < 4.78 is 5.83. The van der Waals surface area contributed by atoms with Crippen molar-refractivity contribution in [2.75, 3.05) is 24.5 Å². The summed E-state index contributed by atoms with van der Waals surface area (Å²) in [7, 11) is 0. The van der Waals surface area contributed by atoms with Crippen LogP contribution < -0.4 is 15.0 Å². The Kier molecular flexibility index (Phi) is 3.58. The fraction of sp³-hybridized carbons (Fsp3) is 0.389. The van der Waals surface area contributed by atoms with Gasteiger partial charge in [-0.3, -0.25) is 4.98 Å². The van der Waals surface area contributed by atoms with Crippen LogP contribution in [-0.2, 0) is 0 Å². The zero-order valence-electron chi connectivity index (χ0n) is 13.0. The Hall–Kier alpha value is -2.27. The van der Waals surface area contributed by atoms with Gasteiger partial charge < -0.3 is 20.1 Å². The second-order valence-corrected chi connectivity index (χ2v) is 6.46. The standard InChI is InChI=1S/C18H21N3O2/c22-15-2-4-16(5-3-15)23-17-10-14(11-19-12-17)21-9-7-18(13-21)6-1-8-20-18/h2-5,10-12,20,22H,1,6-9,13H2. The van der Waals surface area contributed by atoms with Gasteiger partial charge in [-0.15, -0.1) is 0 Å². The first-order valence-electron chi connectivity index (χ1n) is 8.14. The minimum absolute atomic E-state index is 0.232. The normalized spacial score (nSPS) is 23.6. The van der Waals surface area contributed by atoms with Crippen molar-refractivity contribution in [3.05, 3.63) is 42.7 Å². The number of anilines is 1. The first-order chi connectivity index (χ1) is 11.2. The molecule has 2 aromatic rings. The number of aromatic nitrogens is 1. The number of aromatic hydroxyl groups is 1. The molecule has 2 aliphatic heterocycles. The Balaban J connectivity index is 1.49. The maximum atomic E-state index is 9.33. The van der Waals surface area contributed by atoms with Gasteiger partial charge >= 0.3 is 0 Å². The number of phenols is 1. The zero-order valence-corrected chi connectivity index (χ0v) is 13.0. The highest BCUT2D eigenvalue weighted by Gasteiger charge is 2.40. The third-order valence-electron chi connectivity index (χ3n) is 4.82. The second-order valence-electron chi connectivity index (χ2n) is 6.46. The van der Waals surface area contributed by atoms with Crippen LogP contribution in [-0.4, -0.2) is 35.3 Å². The van der Waals surface area contributed by atoms with Gasteiger partial charge in [0.05, 0.1) is 18.1 Å².